The molecule has 2 rings (SSSR count). The van der Waals surface area contributed by atoms with Crippen molar-refractivity contribution in [2.75, 3.05) is 60.7 Å². The second-order valence-corrected chi connectivity index (χ2v) is 7.13. The first-order valence-corrected chi connectivity index (χ1v) is 10.5. The molecule has 1 aliphatic heterocycles. The van der Waals surface area contributed by atoms with Crippen LogP contribution in [-0.4, -0.2) is 77.7 Å². The van der Waals surface area contributed by atoms with E-state index in [-0.39, 0.29) is 24.0 Å². The number of likely N-dealkylation sites (tertiary alicyclic amines) is 1. The van der Waals surface area contributed by atoms with E-state index in [1.165, 1.54) is 0 Å². The number of ether oxygens (including phenoxy) is 4. The summed E-state index contributed by atoms with van der Waals surface area (Å²) in [6, 6.07) is 7.98. The predicted molar refractivity (Wildman–Crippen MR) is 131 cm³/mol. The van der Waals surface area contributed by atoms with Crippen molar-refractivity contribution in [3.05, 3.63) is 29.8 Å². The number of aliphatic imine (C=N–C) groups is 1. The second-order valence-electron chi connectivity index (χ2n) is 7.13. The minimum absolute atomic E-state index is 0. The molecule has 1 aromatic rings. The Morgan fingerprint density at radius 3 is 2.43 bits per heavy atom. The molecule has 7 nitrogen and oxygen atoms in total. The highest BCUT2D eigenvalue weighted by atomic mass is 127. The molecular weight excluding hydrogens is 497 g/mol. The first-order valence-electron chi connectivity index (χ1n) is 10.5. The third kappa shape index (κ3) is 10.3. The SMILES string of the molecule is CN=C(NCCCOCc1ccc(OC)cc1)N1CCC(OCCCOC)CC1.I. The van der Waals surface area contributed by atoms with E-state index in [0.717, 1.165) is 75.8 Å². The summed E-state index contributed by atoms with van der Waals surface area (Å²) >= 11 is 0. The van der Waals surface area contributed by atoms with Crippen LogP contribution in [0.25, 0.3) is 0 Å². The van der Waals surface area contributed by atoms with Crippen molar-refractivity contribution >= 4 is 29.9 Å². The number of nitrogens with zero attached hydrogens (tertiary/aromatic N) is 2. The summed E-state index contributed by atoms with van der Waals surface area (Å²) in [5.74, 6) is 1.84. The second kappa shape index (κ2) is 16.6. The number of guanidine groups is 1. The van der Waals surface area contributed by atoms with Gasteiger partial charge in [0.25, 0.3) is 0 Å². The lowest BCUT2D eigenvalue weighted by Gasteiger charge is -2.34. The molecule has 1 N–H and O–H groups in total. The Hall–Kier alpha value is -1.10. The smallest absolute Gasteiger partial charge is 0.193 e. The van der Waals surface area contributed by atoms with Gasteiger partial charge in [-0.15, -0.1) is 24.0 Å². The number of nitrogens with one attached hydrogen (secondary N) is 1. The molecule has 1 fully saturated rings. The Bertz CT molecular complexity index is 578. The van der Waals surface area contributed by atoms with Gasteiger partial charge in [0, 0.05) is 53.6 Å². The summed E-state index contributed by atoms with van der Waals surface area (Å²) in [5.41, 5.74) is 1.15. The fraction of sp³-hybridized carbons (Fsp3) is 0.682. The number of piperidine rings is 1. The van der Waals surface area contributed by atoms with E-state index < -0.39 is 0 Å². The lowest BCUT2D eigenvalue weighted by molar-refractivity contribution is 0.00989. The van der Waals surface area contributed by atoms with Crippen molar-refractivity contribution in [3.8, 4) is 5.75 Å². The van der Waals surface area contributed by atoms with Crippen LogP contribution in [0.15, 0.2) is 29.3 Å². The van der Waals surface area contributed by atoms with E-state index in [4.69, 9.17) is 18.9 Å². The normalized spacial score (nSPS) is 15.0. The van der Waals surface area contributed by atoms with Crippen LogP contribution in [0.5, 0.6) is 5.75 Å². The number of methoxy groups -OCH3 is 2. The lowest BCUT2D eigenvalue weighted by atomic mass is 10.1. The van der Waals surface area contributed by atoms with Crippen molar-refractivity contribution in [1.29, 1.82) is 0 Å². The lowest BCUT2D eigenvalue weighted by Crippen LogP contribution is -2.47. The van der Waals surface area contributed by atoms with Crippen LogP contribution >= 0.6 is 24.0 Å². The number of halogens is 1. The fourth-order valence-electron chi connectivity index (χ4n) is 3.31. The van der Waals surface area contributed by atoms with Gasteiger partial charge in [-0.05, 0) is 43.4 Å². The molecule has 0 unspecified atom stereocenters. The topological polar surface area (TPSA) is 64.6 Å². The summed E-state index contributed by atoms with van der Waals surface area (Å²) in [6.45, 7) is 5.68. The third-order valence-electron chi connectivity index (χ3n) is 4.98. The zero-order chi connectivity index (χ0) is 20.7. The molecule has 30 heavy (non-hydrogen) atoms. The Balaban J connectivity index is 0.00000450. The van der Waals surface area contributed by atoms with Gasteiger partial charge in [-0.2, -0.15) is 0 Å². The van der Waals surface area contributed by atoms with E-state index >= 15 is 0 Å². The standard InChI is InChI=1S/C22H37N3O4.HI/c1-23-22(25-13-10-21(11-14-25)29-17-5-15-26-2)24-12-4-16-28-18-19-6-8-20(27-3)9-7-19;/h6-9,21H,4-5,10-18H2,1-3H3,(H,23,24);1H. The Labute approximate surface area is 198 Å². The van der Waals surface area contributed by atoms with Crippen molar-refractivity contribution < 1.29 is 18.9 Å². The van der Waals surface area contributed by atoms with Gasteiger partial charge >= 0.3 is 0 Å². The maximum atomic E-state index is 5.93. The van der Waals surface area contributed by atoms with Crippen LogP contribution < -0.4 is 10.1 Å². The number of hydrogen-bond donors (Lipinski definition) is 1. The predicted octanol–water partition coefficient (Wildman–Crippen LogP) is 3.31. The monoisotopic (exact) mass is 535 g/mol. The Kier molecular flexibility index (Phi) is 14.9. The summed E-state index contributed by atoms with van der Waals surface area (Å²) in [6.07, 6.45) is 4.33. The Morgan fingerprint density at radius 2 is 1.80 bits per heavy atom. The van der Waals surface area contributed by atoms with Gasteiger partial charge in [-0.1, -0.05) is 12.1 Å². The quantitative estimate of drug-likeness (QED) is 0.192. The molecule has 0 spiro atoms. The Morgan fingerprint density at radius 1 is 1.07 bits per heavy atom. The zero-order valence-corrected chi connectivity index (χ0v) is 20.9. The minimum atomic E-state index is 0. The van der Waals surface area contributed by atoms with E-state index in [1.54, 1.807) is 14.2 Å². The number of rotatable bonds is 12. The first-order chi connectivity index (χ1) is 14.3. The molecule has 1 aromatic carbocycles. The number of hydrogen-bond acceptors (Lipinski definition) is 5. The van der Waals surface area contributed by atoms with Gasteiger partial charge in [0.15, 0.2) is 5.96 Å². The molecule has 0 amide bonds. The molecule has 1 heterocycles. The van der Waals surface area contributed by atoms with Gasteiger partial charge in [0.2, 0.25) is 0 Å². The molecule has 1 saturated heterocycles. The molecule has 172 valence electrons. The minimum Gasteiger partial charge on any atom is -0.497 e. The van der Waals surface area contributed by atoms with Crippen LogP contribution in [0.4, 0.5) is 0 Å². The molecule has 8 heteroatoms. The van der Waals surface area contributed by atoms with Gasteiger partial charge in [-0.25, -0.2) is 0 Å². The highest BCUT2D eigenvalue weighted by Gasteiger charge is 2.21. The molecule has 0 aromatic heterocycles. The average molecular weight is 535 g/mol. The number of benzene rings is 1. The van der Waals surface area contributed by atoms with Crippen LogP contribution in [0.2, 0.25) is 0 Å². The molecule has 0 aliphatic carbocycles. The largest absolute Gasteiger partial charge is 0.497 e. The van der Waals surface area contributed by atoms with Gasteiger partial charge in [-0.3, -0.25) is 4.99 Å². The molecule has 0 radical (unpaired) electrons. The first kappa shape index (κ1) is 26.9. The molecule has 0 saturated carbocycles. The van der Waals surface area contributed by atoms with Gasteiger partial charge in [0.05, 0.1) is 19.8 Å². The van der Waals surface area contributed by atoms with Crippen molar-refractivity contribution in [3.63, 3.8) is 0 Å². The third-order valence-corrected chi connectivity index (χ3v) is 4.98. The average Bonchev–Trinajstić information content (AvgIpc) is 2.77. The summed E-state index contributed by atoms with van der Waals surface area (Å²) in [7, 11) is 5.24. The van der Waals surface area contributed by atoms with E-state index in [9.17, 15) is 0 Å². The summed E-state index contributed by atoms with van der Waals surface area (Å²) in [5, 5.41) is 3.45. The zero-order valence-electron chi connectivity index (χ0n) is 18.6. The highest BCUT2D eigenvalue weighted by Crippen LogP contribution is 2.14. The van der Waals surface area contributed by atoms with Crippen molar-refractivity contribution in [2.45, 2.75) is 38.4 Å². The molecule has 1 aliphatic rings. The van der Waals surface area contributed by atoms with Crippen LogP contribution in [0.3, 0.4) is 0 Å². The molecular formula is C22H38IN3O4. The van der Waals surface area contributed by atoms with Gasteiger partial charge < -0.3 is 29.2 Å². The van der Waals surface area contributed by atoms with Crippen molar-refractivity contribution in [1.82, 2.24) is 10.2 Å². The van der Waals surface area contributed by atoms with E-state index in [1.807, 2.05) is 31.3 Å². The van der Waals surface area contributed by atoms with E-state index in [2.05, 4.69) is 15.2 Å². The van der Waals surface area contributed by atoms with Gasteiger partial charge in [0.1, 0.15) is 5.75 Å². The highest BCUT2D eigenvalue weighted by molar-refractivity contribution is 14.0. The van der Waals surface area contributed by atoms with Crippen LogP contribution in [-0.2, 0) is 20.8 Å². The van der Waals surface area contributed by atoms with Crippen molar-refractivity contribution in [2.24, 2.45) is 4.99 Å². The summed E-state index contributed by atoms with van der Waals surface area (Å²) in [4.78, 5) is 6.74. The van der Waals surface area contributed by atoms with Crippen LogP contribution in [0, 0.1) is 0 Å². The molecule has 0 bridgehead atoms. The fourth-order valence-corrected chi connectivity index (χ4v) is 3.31. The summed E-state index contributed by atoms with van der Waals surface area (Å²) < 4.78 is 21.9. The van der Waals surface area contributed by atoms with E-state index in [0.29, 0.717) is 19.3 Å². The maximum absolute atomic E-state index is 5.93. The van der Waals surface area contributed by atoms with Crippen LogP contribution in [0.1, 0.15) is 31.2 Å². The maximum Gasteiger partial charge on any atom is 0.193 e. The molecule has 0 atom stereocenters.